The van der Waals surface area contributed by atoms with E-state index in [1.807, 2.05) is 24.3 Å². The van der Waals surface area contributed by atoms with Gasteiger partial charge in [-0.05, 0) is 24.1 Å². The Morgan fingerprint density at radius 3 is 2.61 bits per heavy atom. The van der Waals surface area contributed by atoms with Gasteiger partial charge in [-0.1, -0.05) is 54.1 Å². The van der Waals surface area contributed by atoms with Crippen molar-refractivity contribution in [3.63, 3.8) is 0 Å². The quantitative estimate of drug-likeness (QED) is 0.629. The highest BCUT2D eigenvalue weighted by molar-refractivity contribution is 7.14. The van der Waals surface area contributed by atoms with Crippen molar-refractivity contribution in [1.82, 2.24) is 4.98 Å². The van der Waals surface area contributed by atoms with Gasteiger partial charge in [-0.25, -0.2) is 4.98 Å². The zero-order valence-electron chi connectivity index (χ0n) is 12.7. The number of halogens is 1. The zero-order valence-corrected chi connectivity index (χ0v) is 14.2. The molecule has 0 saturated carbocycles. The molecule has 0 aliphatic carbocycles. The van der Waals surface area contributed by atoms with Crippen molar-refractivity contribution in [1.29, 1.82) is 0 Å². The number of hydrogen-bond donors (Lipinski definition) is 0. The standard InChI is InChI=1S/C19H17ClN2S/c20-17-8-6-15(7-9-17)18-13-23-19(21-18)22-11-10-16(12-22)14-4-2-1-3-5-14/h1-9,13,16H,10-12H2/t16-/m0/s1. The molecule has 1 aliphatic heterocycles. The first-order valence-electron chi connectivity index (χ1n) is 7.81. The Balaban J connectivity index is 1.51. The van der Waals surface area contributed by atoms with Gasteiger partial charge in [0.2, 0.25) is 0 Å². The van der Waals surface area contributed by atoms with Gasteiger partial charge in [0.25, 0.3) is 0 Å². The molecule has 1 fully saturated rings. The van der Waals surface area contributed by atoms with Crippen LogP contribution in [0.5, 0.6) is 0 Å². The number of anilines is 1. The number of nitrogens with zero attached hydrogens (tertiary/aromatic N) is 2. The molecular weight excluding hydrogens is 324 g/mol. The van der Waals surface area contributed by atoms with Crippen LogP contribution in [0.2, 0.25) is 5.02 Å². The van der Waals surface area contributed by atoms with E-state index in [2.05, 4.69) is 40.6 Å². The molecule has 1 atom stereocenters. The molecule has 23 heavy (non-hydrogen) atoms. The van der Waals surface area contributed by atoms with Crippen molar-refractivity contribution < 1.29 is 0 Å². The molecule has 2 heterocycles. The Bertz CT molecular complexity index is 783. The summed E-state index contributed by atoms with van der Waals surface area (Å²) < 4.78 is 0. The Hall–Kier alpha value is -1.84. The van der Waals surface area contributed by atoms with Crippen molar-refractivity contribution in [3.8, 4) is 11.3 Å². The fourth-order valence-electron chi connectivity index (χ4n) is 3.09. The molecule has 0 amide bonds. The minimum atomic E-state index is 0.610. The summed E-state index contributed by atoms with van der Waals surface area (Å²) in [6, 6.07) is 18.7. The van der Waals surface area contributed by atoms with Crippen LogP contribution in [0.25, 0.3) is 11.3 Å². The van der Waals surface area contributed by atoms with Crippen molar-refractivity contribution >= 4 is 28.1 Å². The molecular formula is C19H17ClN2S. The molecule has 0 spiro atoms. The van der Waals surface area contributed by atoms with Gasteiger partial charge < -0.3 is 4.90 Å². The van der Waals surface area contributed by atoms with E-state index in [-0.39, 0.29) is 0 Å². The molecule has 0 unspecified atom stereocenters. The number of benzene rings is 2. The Labute approximate surface area is 145 Å². The molecule has 1 aliphatic rings. The number of thiazole rings is 1. The zero-order chi connectivity index (χ0) is 15.6. The highest BCUT2D eigenvalue weighted by atomic mass is 35.5. The molecule has 2 aromatic carbocycles. The van der Waals surface area contributed by atoms with Gasteiger partial charge in [-0.15, -0.1) is 11.3 Å². The number of aromatic nitrogens is 1. The lowest BCUT2D eigenvalue weighted by atomic mass is 9.99. The first-order valence-corrected chi connectivity index (χ1v) is 9.07. The van der Waals surface area contributed by atoms with Gasteiger partial charge >= 0.3 is 0 Å². The highest BCUT2D eigenvalue weighted by Gasteiger charge is 2.25. The minimum Gasteiger partial charge on any atom is -0.347 e. The predicted octanol–water partition coefficient (Wildman–Crippen LogP) is 5.46. The third kappa shape index (κ3) is 3.12. The summed E-state index contributed by atoms with van der Waals surface area (Å²) in [5.74, 6) is 0.610. The largest absolute Gasteiger partial charge is 0.347 e. The van der Waals surface area contributed by atoms with Crippen molar-refractivity contribution in [3.05, 3.63) is 70.6 Å². The van der Waals surface area contributed by atoms with E-state index in [1.165, 1.54) is 12.0 Å². The summed E-state index contributed by atoms with van der Waals surface area (Å²) in [4.78, 5) is 7.23. The van der Waals surface area contributed by atoms with Gasteiger partial charge in [0.1, 0.15) is 0 Å². The van der Waals surface area contributed by atoms with Gasteiger partial charge in [-0.3, -0.25) is 0 Å². The average Bonchev–Trinajstić information content (AvgIpc) is 3.26. The molecule has 2 nitrogen and oxygen atoms in total. The lowest BCUT2D eigenvalue weighted by Gasteiger charge is -2.15. The highest BCUT2D eigenvalue weighted by Crippen LogP contribution is 2.34. The first-order chi connectivity index (χ1) is 11.3. The van der Waals surface area contributed by atoms with E-state index in [0.29, 0.717) is 5.92 Å². The second kappa shape index (κ2) is 6.34. The molecule has 116 valence electrons. The van der Waals surface area contributed by atoms with Crippen LogP contribution in [0, 0.1) is 0 Å². The number of rotatable bonds is 3. The smallest absolute Gasteiger partial charge is 0.185 e. The molecule has 1 aromatic heterocycles. The van der Waals surface area contributed by atoms with Gasteiger partial charge in [0, 0.05) is 35.0 Å². The molecule has 0 N–H and O–H groups in total. The Morgan fingerprint density at radius 1 is 1.04 bits per heavy atom. The van der Waals surface area contributed by atoms with Crippen LogP contribution in [-0.4, -0.2) is 18.1 Å². The topological polar surface area (TPSA) is 16.1 Å². The summed E-state index contributed by atoms with van der Waals surface area (Å²) >= 11 is 7.68. The fraction of sp³-hybridized carbons (Fsp3) is 0.211. The number of hydrogen-bond acceptors (Lipinski definition) is 3. The van der Waals surface area contributed by atoms with E-state index in [9.17, 15) is 0 Å². The van der Waals surface area contributed by atoms with Crippen molar-refractivity contribution in [2.24, 2.45) is 0 Å². The second-order valence-corrected chi connectivity index (χ2v) is 7.14. The van der Waals surface area contributed by atoms with E-state index < -0.39 is 0 Å². The van der Waals surface area contributed by atoms with Gasteiger partial charge in [-0.2, -0.15) is 0 Å². The van der Waals surface area contributed by atoms with Crippen molar-refractivity contribution in [2.45, 2.75) is 12.3 Å². The Kier molecular flexibility index (Phi) is 4.06. The normalized spacial score (nSPS) is 17.6. The SMILES string of the molecule is Clc1ccc(-c2csc(N3CC[C@H](c4ccccc4)C3)n2)cc1. The van der Waals surface area contributed by atoms with Crippen LogP contribution in [0.15, 0.2) is 60.0 Å². The van der Waals surface area contributed by atoms with Crippen LogP contribution in [0.1, 0.15) is 17.9 Å². The van der Waals surface area contributed by atoms with E-state index >= 15 is 0 Å². The maximum Gasteiger partial charge on any atom is 0.185 e. The van der Waals surface area contributed by atoms with E-state index in [4.69, 9.17) is 16.6 Å². The summed E-state index contributed by atoms with van der Waals surface area (Å²) in [7, 11) is 0. The van der Waals surface area contributed by atoms with E-state index in [0.717, 1.165) is 34.5 Å². The summed E-state index contributed by atoms with van der Waals surface area (Å²) in [5, 5.41) is 4.01. The average molecular weight is 341 g/mol. The fourth-order valence-corrected chi connectivity index (χ4v) is 4.09. The molecule has 4 heteroatoms. The minimum absolute atomic E-state index is 0.610. The predicted molar refractivity (Wildman–Crippen MR) is 98.6 cm³/mol. The van der Waals surface area contributed by atoms with Crippen LogP contribution in [0.3, 0.4) is 0 Å². The third-order valence-corrected chi connectivity index (χ3v) is 5.52. The maximum absolute atomic E-state index is 5.96. The summed E-state index contributed by atoms with van der Waals surface area (Å²) in [6.07, 6.45) is 1.19. The lowest BCUT2D eigenvalue weighted by Crippen LogP contribution is -2.18. The van der Waals surface area contributed by atoms with E-state index in [1.54, 1.807) is 11.3 Å². The third-order valence-electron chi connectivity index (χ3n) is 4.36. The molecule has 4 rings (SSSR count). The molecule has 0 radical (unpaired) electrons. The van der Waals surface area contributed by atoms with Crippen LogP contribution in [-0.2, 0) is 0 Å². The monoisotopic (exact) mass is 340 g/mol. The second-order valence-electron chi connectivity index (χ2n) is 5.86. The van der Waals surface area contributed by atoms with Crippen LogP contribution in [0.4, 0.5) is 5.13 Å². The molecule has 0 bridgehead atoms. The van der Waals surface area contributed by atoms with Crippen LogP contribution >= 0.6 is 22.9 Å². The molecule has 1 saturated heterocycles. The summed E-state index contributed by atoms with van der Waals surface area (Å²) in [6.45, 7) is 2.13. The molecule has 3 aromatic rings. The van der Waals surface area contributed by atoms with Crippen LogP contribution < -0.4 is 4.90 Å². The van der Waals surface area contributed by atoms with Crippen molar-refractivity contribution in [2.75, 3.05) is 18.0 Å². The first kappa shape index (κ1) is 14.7. The van der Waals surface area contributed by atoms with Gasteiger partial charge in [0.15, 0.2) is 5.13 Å². The lowest BCUT2D eigenvalue weighted by molar-refractivity contribution is 0.775. The van der Waals surface area contributed by atoms with Gasteiger partial charge in [0.05, 0.1) is 5.69 Å². The Morgan fingerprint density at radius 2 is 1.83 bits per heavy atom. The summed E-state index contributed by atoms with van der Waals surface area (Å²) in [5.41, 5.74) is 3.59. The maximum atomic E-state index is 5.96.